The molecule has 0 fully saturated rings. The quantitative estimate of drug-likeness (QED) is 0.804. The Morgan fingerprint density at radius 1 is 1.31 bits per heavy atom. The van der Waals surface area contributed by atoms with Crippen LogP contribution in [0.1, 0.15) is 37.9 Å². The average Bonchev–Trinajstić information content (AvgIpc) is 2.28. The third kappa shape index (κ3) is 3.53. The molecular formula is C13H18ClNO. The first-order chi connectivity index (χ1) is 7.54. The topological polar surface area (TPSA) is 29.1 Å². The number of alkyl halides is 1. The number of carbonyl (C=O) groups excluding carboxylic acids is 1. The summed E-state index contributed by atoms with van der Waals surface area (Å²) in [6.45, 7) is 5.75. The summed E-state index contributed by atoms with van der Waals surface area (Å²) in [4.78, 5) is 11.4. The summed E-state index contributed by atoms with van der Waals surface area (Å²) in [5.74, 6) is -0.131. The molecule has 0 heterocycles. The van der Waals surface area contributed by atoms with Crippen molar-refractivity contribution in [2.75, 3.05) is 0 Å². The molecule has 16 heavy (non-hydrogen) atoms. The van der Waals surface area contributed by atoms with Crippen molar-refractivity contribution in [3.63, 3.8) is 0 Å². The minimum atomic E-state index is -0.489. The Bertz CT molecular complexity index is 345. The van der Waals surface area contributed by atoms with Crippen molar-refractivity contribution in [2.45, 2.75) is 38.6 Å². The summed E-state index contributed by atoms with van der Waals surface area (Å²) in [5, 5.41) is 2.37. The lowest BCUT2D eigenvalue weighted by Gasteiger charge is -2.15. The van der Waals surface area contributed by atoms with Gasteiger partial charge >= 0.3 is 0 Å². The van der Waals surface area contributed by atoms with E-state index in [0.717, 1.165) is 12.0 Å². The largest absolute Gasteiger partial charge is 0.348 e. The van der Waals surface area contributed by atoms with Crippen LogP contribution in [0.5, 0.6) is 0 Å². The standard InChI is InChI=1S/C13H18ClNO/c1-4-11-5-7-12(8-6-11)10(3)15-13(16)9(2)14/h5-10H,4H2,1-3H3,(H,15,16)/t9-,10-/m0/s1. The van der Waals surface area contributed by atoms with Crippen LogP contribution in [0, 0.1) is 0 Å². The van der Waals surface area contributed by atoms with Gasteiger partial charge < -0.3 is 5.32 Å². The number of nitrogens with one attached hydrogen (secondary N) is 1. The molecule has 2 nitrogen and oxygen atoms in total. The van der Waals surface area contributed by atoms with Gasteiger partial charge in [-0.3, -0.25) is 4.79 Å². The van der Waals surface area contributed by atoms with Gasteiger partial charge in [0.1, 0.15) is 5.38 Å². The molecule has 0 unspecified atom stereocenters. The summed E-state index contributed by atoms with van der Waals surface area (Å²) < 4.78 is 0. The molecule has 0 aliphatic rings. The molecule has 1 N–H and O–H groups in total. The molecule has 0 radical (unpaired) electrons. The first-order valence-corrected chi connectivity index (χ1v) is 6.01. The van der Waals surface area contributed by atoms with Gasteiger partial charge in [-0.1, -0.05) is 31.2 Å². The van der Waals surface area contributed by atoms with Crippen molar-refractivity contribution in [1.29, 1.82) is 0 Å². The van der Waals surface area contributed by atoms with Crippen LogP contribution in [0.15, 0.2) is 24.3 Å². The summed E-state index contributed by atoms with van der Waals surface area (Å²) in [7, 11) is 0. The number of carbonyl (C=O) groups is 1. The number of amides is 1. The lowest BCUT2D eigenvalue weighted by atomic mass is 10.0. The van der Waals surface area contributed by atoms with E-state index < -0.39 is 5.38 Å². The molecule has 1 aromatic rings. The monoisotopic (exact) mass is 239 g/mol. The van der Waals surface area contributed by atoms with Gasteiger partial charge in [-0.15, -0.1) is 11.6 Å². The molecule has 3 heteroatoms. The van der Waals surface area contributed by atoms with Crippen molar-refractivity contribution in [1.82, 2.24) is 5.32 Å². The van der Waals surface area contributed by atoms with Crippen LogP contribution in [0.4, 0.5) is 0 Å². The fourth-order valence-corrected chi connectivity index (χ4v) is 1.52. The number of hydrogen-bond donors (Lipinski definition) is 1. The van der Waals surface area contributed by atoms with Crippen LogP contribution in [0.3, 0.4) is 0 Å². The fraction of sp³-hybridized carbons (Fsp3) is 0.462. The molecule has 0 saturated heterocycles. The molecule has 0 spiro atoms. The van der Waals surface area contributed by atoms with Crippen molar-refractivity contribution >= 4 is 17.5 Å². The summed E-state index contributed by atoms with van der Waals surface area (Å²) in [5.41, 5.74) is 2.40. The summed E-state index contributed by atoms with van der Waals surface area (Å²) in [6.07, 6.45) is 1.03. The second kappa shape index (κ2) is 5.90. The van der Waals surface area contributed by atoms with Crippen LogP contribution in [0.25, 0.3) is 0 Å². The third-order valence-corrected chi connectivity index (χ3v) is 2.81. The van der Waals surface area contributed by atoms with E-state index in [9.17, 15) is 4.79 Å². The maximum Gasteiger partial charge on any atom is 0.238 e. The highest BCUT2D eigenvalue weighted by atomic mass is 35.5. The fourth-order valence-electron chi connectivity index (χ4n) is 1.45. The van der Waals surface area contributed by atoms with E-state index in [1.54, 1.807) is 6.92 Å². The Morgan fingerprint density at radius 3 is 2.31 bits per heavy atom. The maximum atomic E-state index is 11.4. The van der Waals surface area contributed by atoms with Crippen LogP contribution < -0.4 is 5.32 Å². The van der Waals surface area contributed by atoms with Gasteiger partial charge in [0, 0.05) is 0 Å². The molecule has 88 valence electrons. The predicted molar refractivity (Wildman–Crippen MR) is 67.7 cm³/mol. The Hall–Kier alpha value is -1.02. The van der Waals surface area contributed by atoms with Gasteiger partial charge in [-0.25, -0.2) is 0 Å². The number of hydrogen-bond acceptors (Lipinski definition) is 1. The Morgan fingerprint density at radius 2 is 1.88 bits per heavy atom. The van der Waals surface area contributed by atoms with Crippen LogP contribution in [0.2, 0.25) is 0 Å². The molecule has 1 rings (SSSR count). The molecule has 0 aliphatic heterocycles. The predicted octanol–water partition coefficient (Wildman–Crippen LogP) is 3.05. The second-order valence-electron chi connectivity index (χ2n) is 3.94. The maximum absolute atomic E-state index is 11.4. The minimum absolute atomic E-state index is 0.000365. The van der Waals surface area contributed by atoms with E-state index in [-0.39, 0.29) is 11.9 Å². The second-order valence-corrected chi connectivity index (χ2v) is 4.60. The third-order valence-electron chi connectivity index (χ3n) is 2.61. The summed E-state index contributed by atoms with van der Waals surface area (Å²) >= 11 is 5.70. The zero-order valence-electron chi connectivity index (χ0n) is 9.96. The van der Waals surface area contributed by atoms with Gasteiger partial charge in [0.2, 0.25) is 5.91 Å². The Kier molecular flexibility index (Phi) is 4.81. The molecule has 2 atom stereocenters. The van der Waals surface area contributed by atoms with E-state index in [0.29, 0.717) is 0 Å². The SMILES string of the molecule is CCc1ccc([C@H](C)NC(=O)[C@H](C)Cl)cc1. The summed E-state index contributed by atoms with van der Waals surface area (Å²) in [6, 6.07) is 8.26. The number of halogens is 1. The lowest BCUT2D eigenvalue weighted by molar-refractivity contribution is -0.121. The zero-order chi connectivity index (χ0) is 12.1. The first kappa shape index (κ1) is 13.0. The normalized spacial score (nSPS) is 14.2. The van der Waals surface area contributed by atoms with Crippen molar-refractivity contribution in [2.24, 2.45) is 0 Å². The number of aryl methyl sites for hydroxylation is 1. The van der Waals surface area contributed by atoms with Crippen LogP contribution in [-0.2, 0) is 11.2 Å². The van der Waals surface area contributed by atoms with Gasteiger partial charge in [0.25, 0.3) is 0 Å². The van der Waals surface area contributed by atoms with E-state index in [1.165, 1.54) is 5.56 Å². The highest BCUT2D eigenvalue weighted by molar-refractivity contribution is 6.30. The Labute approximate surface area is 102 Å². The molecule has 1 aromatic carbocycles. The van der Waals surface area contributed by atoms with Crippen molar-refractivity contribution in [3.8, 4) is 0 Å². The van der Waals surface area contributed by atoms with Gasteiger partial charge in [-0.05, 0) is 31.4 Å². The van der Waals surface area contributed by atoms with Crippen molar-refractivity contribution < 1.29 is 4.79 Å². The molecule has 0 aromatic heterocycles. The van der Waals surface area contributed by atoms with E-state index in [4.69, 9.17) is 11.6 Å². The van der Waals surface area contributed by atoms with Crippen molar-refractivity contribution in [3.05, 3.63) is 35.4 Å². The van der Waals surface area contributed by atoms with E-state index in [2.05, 4.69) is 24.4 Å². The molecule has 1 amide bonds. The van der Waals surface area contributed by atoms with Gasteiger partial charge in [0.15, 0.2) is 0 Å². The average molecular weight is 240 g/mol. The minimum Gasteiger partial charge on any atom is -0.348 e. The van der Waals surface area contributed by atoms with Crippen LogP contribution in [-0.4, -0.2) is 11.3 Å². The molecule has 0 aliphatic carbocycles. The highest BCUT2D eigenvalue weighted by Gasteiger charge is 2.13. The molecule has 0 bridgehead atoms. The lowest BCUT2D eigenvalue weighted by Crippen LogP contribution is -2.31. The molecular weight excluding hydrogens is 222 g/mol. The van der Waals surface area contributed by atoms with Gasteiger partial charge in [0.05, 0.1) is 6.04 Å². The van der Waals surface area contributed by atoms with E-state index >= 15 is 0 Å². The smallest absolute Gasteiger partial charge is 0.238 e. The molecule has 0 saturated carbocycles. The van der Waals surface area contributed by atoms with E-state index in [1.807, 2.05) is 19.1 Å². The first-order valence-electron chi connectivity index (χ1n) is 5.58. The number of rotatable bonds is 4. The Balaban J connectivity index is 2.65. The zero-order valence-corrected chi connectivity index (χ0v) is 10.7. The number of benzene rings is 1. The van der Waals surface area contributed by atoms with Gasteiger partial charge in [-0.2, -0.15) is 0 Å². The van der Waals surface area contributed by atoms with Crippen LogP contribution >= 0.6 is 11.6 Å². The highest BCUT2D eigenvalue weighted by Crippen LogP contribution is 2.14.